The molecule has 0 unspecified atom stereocenters. The average Bonchev–Trinajstić information content (AvgIpc) is 2.73. The Morgan fingerprint density at radius 3 is 2.47 bits per heavy atom. The minimum Gasteiger partial charge on any atom is -0.460 e. The van der Waals surface area contributed by atoms with Crippen molar-refractivity contribution in [1.82, 2.24) is 5.32 Å². The van der Waals surface area contributed by atoms with Crippen LogP contribution in [-0.4, -0.2) is 6.54 Å². The van der Waals surface area contributed by atoms with Crippen molar-refractivity contribution in [3.05, 3.63) is 46.1 Å². The molecule has 0 bridgehead atoms. The summed E-state index contributed by atoms with van der Waals surface area (Å²) in [7, 11) is 0. The third kappa shape index (κ3) is 3.25. The number of hydrogen-bond acceptors (Lipinski definition) is 2. The van der Waals surface area contributed by atoms with Crippen LogP contribution in [0.3, 0.4) is 0 Å². The molecule has 1 heterocycles. The zero-order chi connectivity index (χ0) is 12.3. The van der Waals surface area contributed by atoms with Crippen LogP contribution in [0.15, 0.2) is 34.7 Å². The van der Waals surface area contributed by atoms with Gasteiger partial charge in [0.1, 0.15) is 11.5 Å². The molecule has 0 radical (unpaired) electrons. The fourth-order valence-electron chi connectivity index (χ4n) is 1.57. The van der Waals surface area contributed by atoms with E-state index in [2.05, 4.69) is 12.2 Å². The molecule has 17 heavy (non-hydrogen) atoms. The Morgan fingerprint density at radius 2 is 1.82 bits per heavy atom. The SMILES string of the molecule is CCNCc1ccc(-c2cc(Cl)cc(Cl)c2)o1. The van der Waals surface area contributed by atoms with Crippen molar-refractivity contribution in [2.24, 2.45) is 0 Å². The van der Waals surface area contributed by atoms with E-state index in [0.717, 1.165) is 30.2 Å². The molecule has 4 heteroatoms. The molecule has 0 amide bonds. The summed E-state index contributed by atoms with van der Waals surface area (Å²) < 4.78 is 5.70. The summed E-state index contributed by atoms with van der Waals surface area (Å²) in [6.45, 7) is 3.70. The molecule has 2 nitrogen and oxygen atoms in total. The minimum absolute atomic E-state index is 0.608. The first-order valence-electron chi connectivity index (χ1n) is 5.45. The molecule has 2 rings (SSSR count). The van der Waals surface area contributed by atoms with Gasteiger partial charge in [0.05, 0.1) is 6.54 Å². The number of benzene rings is 1. The molecule has 0 aliphatic carbocycles. The maximum Gasteiger partial charge on any atom is 0.134 e. The molecular weight excluding hydrogens is 257 g/mol. The van der Waals surface area contributed by atoms with Crippen LogP contribution in [0.5, 0.6) is 0 Å². The van der Waals surface area contributed by atoms with Gasteiger partial charge in [-0.2, -0.15) is 0 Å². The van der Waals surface area contributed by atoms with Crippen LogP contribution >= 0.6 is 23.2 Å². The van der Waals surface area contributed by atoms with Crippen LogP contribution in [-0.2, 0) is 6.54 Å². The molecule has 1 N–H and O–H groups in total. The number of rotatable bonds is 4. The lowest BCUT2D eigenvalue weighted by Gasteiger charge is -2.00. The van der Waals surface area contributed by atoms with E-state index in [0.29, 0.717) is 10.0 Å². The maximum atomic E-state index is 5.95. The highest BCUT2D eigenvalue weighted by molar-refractivity contribution is 6.35. The molecule has 0 fully saturated rings. The van der Waals surface area contributed by atoms with E-state index >= 15 is 0 Å². The van der Waals surface area contributed by atoms with Gasteiger partial charge >= 0.3 is 0 Å². The number of nitrogens with one attached hydrogen (secondary N) is 1. The van der Waals surface area contributed by atoms with E-state index in [1.807, 2.05) is 24.3 Å². The Morgan fingerprint density at radius 1 is 1.12 bits per heavy atom. The lowest BCUT2D eigenvalue weighted by molar-refractivity contribution is 0.498. The van der Waals surface area contributed by atoms with Crippen LogP contribution in [0.2, 0.25) is 10.0 Å². The van der Waals surface area contributed by atoms with E-state index < -0.39 is 0 Å². The van der Waals surface area contributed by atoms with Gasteiger partial charge in [0.25, 0.3) is 0 Å². The van der Waals surface area contributed by atoms with Crippen molar-refractivity contribution in [3.63, 3.8) is 0 Å². The summed E-state index contributed by atoms with van der Waals surface area (Å²) in [5.41, 5.74) is 0.894. The summed E-state index contributed by atoms with van der Waals surface area (Å²) in [6, 6.07) is 9.25. The fraction of sp³-hybridized carbons (Fsp3) is 0.231. The van der Waals surface area contributed by atoms with Crippen LogP contribution in [0, 0.1) is 0 Å². The molecular formula is C13H13Cl2NO. The average molecular weight is 270 g/mol. The largest absolute Gasteiger partial charge is 0.460 e. The molecule has 0 aliphatic heterocycles. The molecule has 0 aliphatic rings. The molecule has 1 aromatic carbocycles. The van der Waals surface area contributed by atoms with Crippen LogP contribution in [0.25, 0.3) is 11.3 Å². The summed E-state index contributed by atoms with van der Waals surface area (Å²) in [4.78, 5) is 0. The molecule has 90 valence electrons. The first-order chi connectivity index (χ1) is 8.19. The summed E-state index contributed by atoms with van der Waals surface area (Å²) >= 11 is 11.9. The van der Waals surface area contributed by atoms with Gasteiger partial charge in [-0.3, -0.25) is 0 Å². The van der Waals surface area contributed by atoms with E-state index in [1.54, 1.807) is 6.07 Å². The lowest BCUT2D eigenvalue weighted by Crippen LogP contribution is -2.10. The number of furan rings is 1. The minimum atomic E-state index is 0.608. The molecule has 0 saturated carbocycles. The van der Waals surface area contributed by atoms with Gasteiger partial charge in [0, 0.05) is 15.6 Å². The van der Waals surface area contributed by atoms with Crippen LogP contribution < -0.4 is 5.32 Å². The van der Waals surface area contributed by atoms with Gasteiger partial charge in [-0.15, -0.1) is 0 Å². The predicted molar refractivity (Wildman–Crippen MR) is 71.5 cm³/mol. The van der Waals surface area contributed by atoms with Crippen LogP contribution in [0.4, 0.5) is 0 Å². The first kappa shape index (κ1) is 12.5. The van der Waals surface area contributed by atoms with Crippen molar-refractivity contribution in [2.45, 2.75) is 13.5 Å². The molecule has 0 saturated heterocycles. The Balaban J connectivity index is 2.24. The van der Waals surface area contributed by atoms with Crippen molar-refractivity contribution in [2.75, 3.05) is 6.54 Å². The van der Waals surface area contributed by atoms with Crippen molar-refractivity contribution < 1.29 is 4.42 Å². The molecule has 0 spiro atoms. The zero-order valence-electron chi connectivity index (χ0n) is 9.47. The lowest BCUT2D eigenvalue weighted by atomic mass is 10.2. The third-order valence-electron chi connectivity index (χ3n) is 2.36. The van der Waals surface area contributed by atoms with Gasteiger partial charge in [-0.25, -0.2) is 0 Å². The Labute approximate surface area is 111 Å². The van der Waals surface area contributed by atoms with Gasteiger partial charge in [0.2, 0.25) is 0 Å². The highest BCUT2D eigenvalue weighted by Gasteiger charge is 2.06. The quantitative estimate of drug-likeness (QED) is 0.892. The van der Waals surface area contributed by atoms with E-state index in [1.165, 1.54) is 0 Å². The molecule has 2 aromatic rings. The topological polar surface area (TPSA) is 25.2 Å². The smallest absolute Gasteiger partial charge is 0.134 e. The Hall–Kier alpha value is -0.960. The van der Waals surface area contributed by atoms with E-state index in [4.69, 9.17) is 27.6 Å². The number of halogens is 2. The first-order valence-corrected chi connectivity index (χ1v) is 6.20. The predicted octanol–water partition coefficient (Wildman–Crippen LogP) is 4.36. The highest BCUT2D eigenvalue weighted by atomic mass is 35.5. The summed E-state index contributed by atoms with van der Waals surface area (Å²) in [5.74, 6) is 1.68. The number of hydrogen-bond donors (Lipinski definition) is 1. The van der Waals surface area contributed by atoms with Crippen molar-refractivity contribution in [3.8, 4) is 11.3 Å². The van der Waals surface area contributed by atoms with Gasteiger partial charge < -0.3 is 9.73 Å². The fourth-order valence-corrected chi connectivity index (χ4v) is 2.10. The van der Waals surface area contributed by atoms with Gasteiger partial charge in [-0.05, 0) is 36.9 Å². The monoisotopic (exact) mass is 269 g/mol. The standard InChI is InChI=1S/C13H13Cl2NO/c1-2-16-8-12-3-4-13(17-12)9-5-10(14)7-11(15)6-9/h3-7,16H,2,8H2,1H3. The Bertz CT molecular complexity index is 488. The zero-order valence-corrected chi connectivity index (χ0v) is 11.0. The van der Waals surface area contributed by atoms with Crippen LogP contribution in [0.1, 0.15) is 12.7 Å². The van der Waals surface area contributed by atoms with Crippen molar-refractivity contribution in [1.29, 1.82) is 0 Å². The highest BCUT2D eigenvalue weighted by Crippen LogP contribution is 2.28. The second-order valence-corrected chi connectivity index (χ2v) is 4.58. The van der Waals surface area contributed by atoms with Crippen molar-refractivity contribution >= 4 is 23.2 Å². The Kier molecular flexibility index (Phi) is 4.11. The van der Waals surface area contributed by atoms with E-state index in [-0.39, 0.29) is 0 Å². The normalized spacial score (nSPS) is 10.8. The summed E-state index contributed by atoms with van der Waals surface area (Å²) in [6.07, 6.45) is 0. The maximum absolute atomic E-state index is 5.95. The second kappa shape index (κ2) is 5.58. The van der Waals surface area contributed by atoms with Gasteiger partial charge in [0.15, 0.2) is 0 Å². The third-order valence-corrected chi connectivity index (χ3v) is 2.79. The summed E-state index contributed by atoms with van der Waals surface area (Å²) in [5, 5.41) is 4.42. The van der Waals surface area contributed by atoms with Gasteiger partial charge in [-0.1, -0.05) is 30.1 Å². The van der Waals surface area contributed by atoms with E-state index in [9.17, 15) is 0 Å². The second-order valence-electron chi connectivity index (χ2n) is 3.70. The molecule has 0 atom stereocenters. The molecule has 1 aromatic heterocycles.